The van der Waals surface area contributed by atoms with E-state index >= 15 is 0 Å². The molecule has 3 rings (SSSR count). The van der Waals surface area contributed by atoms with Crippen molar-refractivity contribution in [2.24, 2.45) is 0 Å². The summed E-state index contributed by atoms with van der Waals surface area (Å²) in [5.41, 5.74) is 1.14. The number of halogens is 2. The largest absolute Gasteiger partial charge is 0.345 e. The smallest absolute Gasteiger partial charge is 0.187 e. The van der Waals surface area contributed by atoms with Gasteiger partial charge >= 0.3 is 0 Å². The van der Waals surface area contributed by atoms with Crippen LogP contribution in [0.3, 0.4) is 0 Å². The first-order chi connectivity index (χ1) is 10.7. The highest BCUT2D eigenvalue weighted by Gasteiger charge is 2.41. The van der Waals surface area contributed by atoms with Crippen LogP contribution in [-0.2, 0) is 22.4 Å². The standard InChI is InChI=1S/C16H18ClFN2O2/c17-14-3-1-13(2-4-14)5-6-16(11-20-8-7-19-12-20)21-10-15(9-18)22-16/h1-4,7-8,12,15H,5-6,9-11H2/t15-,16-/m1/s1. The van der Waals surface area contributed by atoms with Crippen LogP contribution in [0.15, 0.2) is 43.0 Å². The average Bonchev–Trinajstić information content (AvgIpc) is 3.17. The minimum atomic E-state index is -0.808. The molecule has 1 aliphatic rings. The van der Waals surface area contributed by atoms with Crippen molar-refractivity contribution in [2.45, 2.75) is 31.3 Å². The second-order valence-electron chi connectivity index (χ2n) is 5.48. The van der Waals surface area contributed by atoms with Crippen LogP contribution in [0.25, 0.3) is 0 Å². The molecule has 22 heavy (non-hydrogen) atoms. The van der Waals surface area contributed by atoms with E-state index in [0.29, 0.717) is 18.0 Å². The number of aryl methyl sites for hydroxylation is 1. The van der Waals surface area contributed by atoms with Crippen LogP contribution in [0.2, 0.25) is 5.02 Å². The highest BCUT2D eigenvalue weighted by atomic mass is 35.5. The summed E-state index contributed by atoms with van der Waals surface area (Å²) in [5.74, 6) is -0.808. The first kappa shape index (κ1) is 15.5. The zero-order valence-corrected chi connectivity index (χ0v) is 12.9. The van der Waals surface area contributed by atoms with E-state index in [1.165, 1.54) is 0 Å². The molecule has 0 amide bonds. The lowest BCUT2D eigenvalue weighted by atomic mass is 10.0. The lowest BCUT2D eigenvalue weighted by molar-refractivity contribution is -0.183. The lowest BCUT2D eigenvalue weighted by Crippen LogP contribution is -2.37. The van der Waals surface area contributed by atoms with Crippen LogP contribution in [-0.4, -0.2) is 34.7 Å². The summed E-state index contributed by atoms with van der Waals surface area (Å²) in [7, 11) is 0. The Morgan fingerprint density at radius 1 is 1.36 bits per heavy atom. The zero-order valence-electron chi connectivity index (χ0n) is 12.1. The van der Waals surface area contributed by atoms with Gasteiger partial charge in [-0.15, -0.1) is 0 Å². The predicted molar refractivity (Wildman–Crippen MR) is 81.5 cm³/mol. The quantitative estimate of drug-likeness (QED) is 0.818. The van der Waals surface area contributed by atoms with Crippen molar-refractivity contribution in [1.82, 2.24) is 9.55 Å². The van der Waals surface area contributed by atoms with Crippen molar-refractivity contribution in [1.29, 1.82) is 0 Å². The van der Waals surface area contributed by atoms with Crippen LogP contribution in [0.1, 0.15) is 12.0 Å². The van der Waals surface area contributed by atoms with E-state index in [1.807, 2.05) is 35.0 Å². The van der Waals surface area contributed by atoms with Crippen molar-refractivity contribution >= 4 is 11.6 Å². The Bertz CT molecular complexity index is 591. The Hall–Kier alpha value is -1.43. The molecule has 0 aliphatic carbocycles. The minimum absolute atomic E-state index is 0.284. The number of alkyl halides is 1. The molecule has 1 fully saturated rings. The predicted octanol–water partition coefficient (Wildman–Crippen LogP) is 3.25. The van der Waals surface area contributed by atoms with Gasteiger partial charge in [0.1, 0.15) is 12.8 Å². The maximum absolute atomic E-state index is 12.9. The van der Waals surface area contributed by atoms with E-state index in [2.05, 4.69) is 4.98 Å². The number of rotatable bonds is 6. The number of hydrogen-bond acceptors (Lipinski definition) is 3. The highest BCUT2D eigenvalue weighted by Crippen LogP contribution is 2.31. The molecule has 0 unspecified atom stereocenters. The van der Waals surface area contributed by atoms with Gasteiger partial charge in [-0.25, -0.2) is 9.37 Å². The molecule has 1 aliphatic heterocycles. The van der Waals surface area contributed by atoms with Gasteiger partial charge < -0.3 is 14.0 Å². The summed E-state index contributed by atoms with van der Waals surface area (Å²) in [6.45, 7) is 0.246. The number of aromatic nitrogens is 2. The van der Waals surface area contributed by atoms with Gasteiger partial charge in [-0.1, -0.05) is 23.7 Å². The number of nitrogens with zero attached hydrogens (tertiary/aromatic N) is 2. The average molecular weight is 325 g/mol. The molecule has 1 aromatic carbocycles. The van der Waals surface area contributed by atoms with Crippen molar-refractivity contribution in [3.05, 3.63) is 53.6 Å². The van der Waals surface area contributed by atoms with Crippen LogP contribution in [0, 0.1) is 0 Å². The Morgan fingerprint density at radius 3 is 2.82 bits per heavy atom. The molecular weight excluding hydrogens is 307 g/mol. The summed E-state index contributed by atoms with van der Waals surface area (Å²) >= 11 is 5.90. The molecule has 0 radical (unpaired) electrons. The van der Waals surface area contributed by atoms with E-state index in [4.69, 9.17) is 21.1 Å². The summed E-state index contributed by atoms with van der Waals surface area (Å²) < 4.78 is 26.5. The number of ether oxygens (including phenoxy) is 2. The molecule has 0 saturated carbocycles. The SMILES string of the molecule is FC[C@@H]1CO[C@@](CCc2ccc(Cl)cc2)(Cn2ccnc2)O1. The molecule has 1 aromatic heterocycles. The van der Waals surface area contributed by atoms with E-state index in [1.54, 1.807) is 12.5 Å². The summed E-state index contributed by atoms with van der Waals surface area (Å²) in [6, 6.07) is 7.68. The lowest BCUT2D eigenvalue weighted by Gasteiger charge is -2.28. The third-order valence-corrected chi connectivity index (χ3v) is 4.03. The zero-order chi connectivity index (χ0) is 15.4. The van der Waals surface area contributed by atoms with E-state index in [-0.39, 0.29) is 6.61 Å². The summed E-state index contributed by atoms with van der Waals surface area (Å²) in [5, 5.41) is 0.711. The van der Waals surface area contributed by atoms with Gasteiger partial charge in [-0.3, -0.25) is 0 Å². The minimum Gasteiger partial charge on any atom is -0.345 e. The second kappa shape index (κ2) is 6.77. The van der Waals surface area contributed by atoms with Crippen LogP contribution in [0.5, 0.6) is 0 Å². The first-order valence-electron chi connectivity index (χ1n) is 7.27. The molecule has 0 bridgehead atoms. The van der Waals surface area contributed by atoms with Crippen LogP contribution < -0.4 is 0 Å². The molecule has 2 heterocycles. The molecule has 2 atom stereocenters. The number of imidazole rings is 1. The Kier molecular flexibility index (Phi) is 4.76. The van der Waals surface area contributed by atoms with Crippen molar-refractivity contribution in [3.63, 3.8) is 0 Å². The fourth-order valence-corrected chi connectivity index (χ4v) is 2.76. The maximum atomic E-state index is 12.9. The van der Waals surface area contributed by atoms with Crippen LogP contribution >= 0.6 is 11.6 Å². The number of benzene rings is 1. The molecular formula is C16H18ClFN2O2. The monoisotopic (exact) mass is 324 g/mol. The third kappa shape index (κ3) is 3.66. The highest BCUT2D eigenvalue weighted by molar-refractivity contribution is 6.30. The van der Waals surface area contributed by atoms with Crippen molar-refractivity contribution in [2.75, 3.05) is 13.3 Å². The van der Waals surface area contributed by atoms with Gasteiger partial charge in [0.2, 0.25) is 0 Å². The molecule has 6 heteroatoms. The van der Waals surface area contributed by atoms with E-state index in [0.717, 1.165) is 12.0 Å². The molecule has 2 aromatic rings. The fraction of sp³-hybridized carbons (Fsp3) is 0.438. The Labute approximate surface area is 133 Å². The Morgan fingerprint density at radius 2 is 2.18 bits per heavy atom. The second-order valence-corrected chi connectivity index (χ2v) is 5.91. The van der Waals surface area contributed by atoms with E-state index in [9.17, 15) is 4.39 Å². The van der Waals surface area contributed by atoms with Gasteiger partial charge in [0.05, 0.1) is 19.5 Å². The fourth-order valence-electron chi connectivity index (χ4n) is 2.63. The van der Waals surface area contributed by atoms with Gasteiger partial charge in [0.15, 0.2) is 5.79 Å². The first-order valence-corrected chi connectivity index (χ1v) is 7.65. The van der Waals surface area contributed by atoms with Crippen LogP contribution in [0.4, 0.5) is 4.39 Å². The molecule has 4 nitrogen and oxygen atoms in total. The summed E-state index contributed by atoms with van der Waals surface area (Å²) in [6.07, 6.45) is 6.18. The summed E-state index contributed by atoms with van der Waals surface area (Å²) in [4.78, 5) is 4.03. The maximum Gasteiger partial charge on any atom is 0.187 e. The molecule has 0 N–H and O–H groups in total. The van der Waals surface area contributed by atoms with Crippen molar-refractivity contribution in [3.8, 4) is 0 Å². The topological polar surface area (TPSA) is 36.3 Å². The molecule has 1 saturated heterocycles. The molecule has 0 spiro atoms. The number of hydrogen-bond donors (Lipinski definition) is 0. The van der Waals surface area contributed by atoms with Gasteiger partial charge in [-0.05, 0) is 24.1 Å². The normalized spacial score (nSPS) is 24.7. The molecule has 118 valence electrons. The van der Waals surface area contributed by atoms with Gasteiger partial charge in [0.25, 0.3) is 0 Å². The van der Waals surface area contributed by atoms with E-state index < -0.39 is 18.6 Å². The Balaban J connectivity index is 1.70. The van der Waals surface area contributed by atoms with Gasteiger partial charge in [-0.2, -0.15) is 0 Å². The third-order valence-electron chi connectivity index (χ3n) is 3.78. The van der Waals surface area contributed by atoms with Crippen molar-refractivity contribution < 1.29 is 13.9 Å². The van der Waals surface area contributed by atoms with Gasteiger partial charge in [0, 0.05) is 23.8 Å².